The third-order valence-electron chi connectivity index (χ3n) is 10.2. The van der Waals surface area contributed by atoms with Crippen LogP contribution in [0.3, 0.4) is 0 Å². The Bertz CT molecular complexity index is 2940. The molecule has 4 aromatic heterocycles. The molecule has 260 valence electrons. The van der Waals surface area contributed by atoms with E-state index < -0.39 is 0 Å². The predicted octanol–water partition coefficient (Wildman–Crippen LogP) is 11.8. The number of nitrogens with zero attached hydrogens (tertiary/aromatic N) is 6. The van der Waals surface area contributed by atoms with Crippen molar-refractivity contribution in [3.8, 4) is 62.2 Å². The molecule has 0 fully saturated rings. The number of para-hydroxylation sites is 2. The van der Waals surface area contributed by atoms with Gasteiger partial charge in [0.05, 0.1) is 39.3 Å². The van der Waals surface area contributed by atoms with Gasteiger partial charge in [0.25, 0.3) is 0 Å². The van der Waals surface area contributed by atoms with Crippen molar-refractivity contribution in [1.29, 1.82) is 0 Å². The molecule has 0 bridgehead atoms. The fourth-order valence-corrected chi connectivity index (χ4v) is 7.54. The first kappa shape index (κ1) is 32.3. The summed E-state index contributed by atoms with van der Waals surface area (Å²) in [5.41, 5.74) is 12.3. The lowest BCUT2D eigenvalue weighted by Crippen LogP contribution is -1.99. The molecule has 55 heavy (non-hydrogen) atoms. The van der Waals surface area contributed by atoms with Crippen LogP contribution in [0.1, 0.15) is 12.7 Å². The Morgan fingerprint density at radius 2 is 1.04 bits per heavy atom. The van der Waals surface area contributed by atoms with Crippen molar-refractivity contribution in [3.63, 3.8) is 0 Å². The maximum Gasteiger partial charge on any atom is 0.179 e. The summed E-state index contributed by atoms with van der Waals surface area (Å²) in [6.07, 6.45) is 0.803. The highest BCUT2D eigenvalue weighted by Gasteiger charge is 2.20. The van der Waals surface area contributed by atoms with Crippen molar-refractivity contribution in [2.24, 2.45) is 0 Å². The summed E-state index contributed by atoms with van der Waals surface area (Å²) in [6, 6.07) is 60.3. The van der Waals surface area contributed by atoms with E-state index in [2.05, 4.69) is 115 Å². The summed E-state index contributed by atoms with van der Waals surface area (Å²) in [6.45, 7) is 2.16. The number of imidazole rings is 1. The van der Waals surface area contributed by atoms with E-state index in [0.29, 0.717) is 11.5 Å². The number of aromatic nitrogens is 6. The van der Waals surface area contributed by atoms with Gasteiger partial charge in [-0.3, -0.25) is 4.57 Å². The van der Waals surface area contributed by atoms with Gasteiger partial charge in [-0.25, -0.2) is 24.9 Å². The highest BCUT2D eigenvalue weighted by atomic mass is 15.1. The number of hydrogen-bond donors (Lipinski definition) is 0. The molecule has 0 saturated heterocycles. The molecule has 0 saturated carbocycles. The first-order chi connectivity index (χ1) is 27.2. The molecule has 0 spiro atoms. The zero-order valence-electron chi connectivity index (χ0n) is 30.1. The molecule has 4 heterocycles. The van der Waals surface area contributed by atoms with Crippen LogP contribution < -0.4 is 0 Å². The van der Waals surface area contributed by atoms with Gasteiger partial charge in [0.15, 0.2) is 5.82 Å². The average molecular weight is 707 g/mol. The van der Waals surface area contributed by atoms with Gasteiger partial charge < -0.3 is 0 Å². The molecule has 0 N–H and O–H groups in total. The second kappa shape index (κ2) is 13.6. The zero-order valence-corrected chi connectivity index (χ0v) is 30.1. The Morgan fingerprint density at radius 1 is 0.436 bits per heavy atom. The minimum absolute atomic E-state index is 0.580. The maximum absolute atomic E-state index is 5.30. The third kappa shape index (κ3) is 5.81. The number of fused-ring (bicyclic) bond motifs is 5. The van der Waals surface area contributed by atoms with Crippen molar-refractivity contribution >= 4 is 32.7 Å². The molecule has 0 radical (unpaired) electrons. The fourth-order valence-electron chi connectivity index (χ4n) is 7.54. The normalized spacial score (nSPS) is 11.4. The molecule has 0 unspecified atom stereocenters. The van der Waals surface area contributed by atoms with Crippen molar-refractivity contribution in [1.82, 2.24) is 29.5 Å². The summed E-state index contributed by atoms with van der Waals surface area (Å²) in [4.78, 5) is 25.7. The summed E-state index contributed by atoms with van der Waals surface area (Å²) >= 11 is 0. The number of hydrogen-bond acceptors (Lipinski definition) is 5. The molecule has 6 heteroatoms. The lowest BCUT2D eigenvalue weighted by molar-refractivity contribution is 0.908. The summed E-state index contributed by atoms with van der Waals surface area (Å²) in [5, 5.41) is 3.31. The van der Waals surface area contributed by atoms with E-state index in [-0.39, 0.29) is 0 Å². The summed E-state index contributed by atoms with van der Waals surface area (Å²) in [7, 11) is 0. The van der Waals surface area contributed by atoms with E-state index in [1.54, 1.807) is 0 Å². The van der Waals surface area contributed by atoms with E-state index in [1.165, 1.54) is 0 Å². The monoisotopic (exact) mass is 706 g/mol. The fraction of sp³-hybridized carbons (Fsp3) is 0.0408. The Kier molecular flexibility index (Phi) is 7.99. The lowest BCUT2D eigenvalue weighted by Gasteiger charge is -2.13. The smallest absolute Gasteiger partial charge is 0.179 e. The maximum atomic E-state index is 5.30. The molecule has 0 aliphatic rings. The zero-order chi connectivity index (χ0) is 36.7. The molecule has 10 aromatic rings. The van der Waals surface area contributed by atoms with Crippen LogP contribution in [0.4, 0.5) is 0 Å². The average Bonchev–Trinajstić information content (AvgIpc) is 3.66. The minimum Gasteiger partial charge on any atom is -0.296 e. The summed E-state index contributed by atoms with van der Waals surface area (Å²) < 4.78 is 2.28. The van der Waals surface area contributed by atoms with E-state index in [4.69, 9.17) is 24.9 Å². The Hall–Kier alpha value is -7.31. The van der Waals surface area contributed by atoms with Gasteiger partial charge in [0.2, 0.25) is 0 Å². The van der Waals surface area contributed by atoms with Crippen LogP contribution in [0, 0.1) is 0 Å². The van der Waals surface area contributed by atoms with Gasteiger partial charge >= 0.3 is 0 Å². The van der Waals surface area contributed by atoms with Crippen LogP contribution in [0.15, 0.2) is 176 Å². The summed E-state index contributed by atoms with van der Waals surface area (Å²) in [5.74, 6) is 1.60. The number of benzene rings is 6. The topological polar surface area (TPSA) is 69.4 Å². The number of rotatable bonds is 7. The molecule has 10 rings (SSSR count). The van der Waals surface area contributed by atoms with Crippen LogP contribution in [0.25, 0.3) is 94.9 Å². The van der Waals surface area contributed by atoms with E-state index >= 15 is 0 Å². The highest BCUT2D eigenvalue weighted by molar-refractivity contribution is 6.19. The molecule has 0 amide bonds. The van der Waals surface area contributed by atoms with Crippen molar-refractivity contribution < 1.29 is 0 Å². The van der Waals surface area contributed by atoms with Crippen molar-refractivity contribution in [2.75, 3.05) is 0 Å². The Morgan fingerprint density at radius 3 is 1.73 bits per heavy atom. The highest BCUT2D eigenvalue weighted by Crippen LogP contribution is 2.39. The molecule has 0 aliphatic carbocycles. The van der Waals surface area contributed by atoms with Crippen molar-refractivity contribution in [3.05, 3.63) is 182 Å². The first-order valence-corrected chi connectivity index (χ1v) is 18.6. The van der Waals surface area contributed by atoms with Gasteiger partial charge in [-0.15, -0.1) is 0 Å². The van der Waals surface area contributed by atoms with Gasteiger partial charge in [0, 0.05) is 45.1 Å². The van der Waals surface area contributed by atoms with Crippen LogP contribution >= 0.6 is 0 Å². The van der Waals surface area contributed by atoms with Crippen LogP contribution in [0.2, 0.25) is 0 Å². The van der Waals surface area contributed by atoms with Gasteiger partial charge in [0.1, 0.15) is 11.5 Å². The molecular formula is C49H34N6. The van der Waals surface area contributed by atoms with E-state index in [9.17, 15) is 0 Å². The van der Waals surface area contributed by atoms with Crippen LogP contribution in [-0.4, -0.2) is 29.5 Å². The third-order valence-corrected chi connectivity index (χ3v) is 10.2. The Balaban J connectivity index is 1.09. The minimum atomic E-state index is 0.580. The lowest BCUT2D eigenvalue weighted by atomic mass is 9.97. The molecule has 6 nitrogen and oxygen atoms in total. The van der Waals surface area contributed by atoms with Crippen LogP contribution in [0.5, 0.6) is 0 Å². The first-order valence-electron chi connectivity index (χ1n) is 18.6. The SMILES string of the molecule is CCc1nc2c3c(-c4ccc(-c5cccc(-c6nc(-c7ccccc7)cc(-c7ccccc7)n6)n5)cc4)nc4ccccc4c3ccc2n1-c1ccccc1. The Labute approximate surface area is 318 Å². The molecule has 0 aliphatic heterocycles. The van der Waals surface area contributed by atoms with E-state index in [1.807, 2.05) is 72.8 Å². The predicted molar refractivity (Wildman–Crippen MR) is 224 cm³/mol. The number of pyridine rings is 2. The standard InChI is InChI=1S/C49H34N6/c1-2-45-54-48-44(55(45)36-19-10-5-11-20-36)30-29-38-37-21-12-13-22-40(37)51-47(46(38)48)35-27-25-34(26-28-35)39-23-14-24-41(50-39)49-52-42(32-15-6-3-7-16-32)31-43(53-49)33-17-8-4-9-18-33/h3-31H,2H2,1H3. The van der Waals surface area contributed by atoms with Crippen molar-refractivity contribution in [2.45, 2.75) is 13.3 Å². The quantitative estimate of drug-likeness (QED) is 0.154. The van der Waals surface area contributed by atoms with Gasteiger partial charge in [-0.05, 0) is 47.9 Å². The number of aryl methyl sites for hydroxylation is 1. The van der Waals surface area contributed by atoms with Gasteiger partial charge in [-0.1, -0.05) is 140 Å². The van der Waals surface area contributed by atoms with Gasteiger partial charge in [-0.2, -0.15) is 0 Å². The molecule has 0 atom stereocenters. The second-order valence-electron chi connectivity index (χ2n) is 13.6. The molecular weight excluding hydrogens is 673 g/mol. The van der Waals surface area contributed by atoms with Crippen LogP contribution in [-0.2, 0) is 6.42 Å². The van der Waals surface area contributed by atoms with E-state index in [0.717, 1.165) is 95.7 Å². The largest absolute Gasteiger partial charge is 0.296 e. The molecule has 6 aromatic carbocycles. The second-order valence-corrected chi connectivity index (χ2v) is 13.6.